The highest BCUT2D eigenvalue weighted by molar-refractivity contribution is 6.05. The molecule has 0 radical (unpaired) electrons. The molecular formula is C7H12N2O2. The van der Waals surface area contributed by atoms with Crippen molar-refractivity contribution in [2.75, 3.05) is 13.6 Å². The molecule has 0 spiro atoms. The molecule has 0 aromatic carbocycles. The fraction of sp³-hybridized carbons (Fsp3) is 0.714. The molecular weight excluding hydrogens is 144 g/mol. The molecule has 1 saturated heterocycles. The van der Waals surface area contributed by atoms with Crippen LogP contribution in [0.15, 0.2) is 0 Å². The summed E-state index contributed by atoms with van der Waals surface area (Å²) in [6.07, 6.45) is 0.309. The average Bonchev–Trinajstić information content (AvgIpc) is 2.26. The first-order valence-corrected chi connectivity index (χ1v) is 3.72. The summed E-state index contributed by atoms with van der Waals surface area (Å²) in [6, 6.07) is -0.289. The molecule has 1 unspecified atom stereocenters. The smallest absolute Gasteiger partial charge is 0.246 e. The van der Waals surface area contributed by atoms with Crippen molar-refractivity contribution in [2.24, 2.45) is 0 Å². The number of hydrogen-bond acceptors (Lipinski definition) is 3. The Morgan fingerprint density at radius 1 is 1.64 bits per heavy atom. The van der Waals surface area contributed by atoms with Crippen LogP contribution in [0, 0.1) is 0 Å². The highest BCUT2D eigenvalue weighted by Gasteiger charge is 2.36. The molecule has 11 heavy (non-hydrogen) atoms. The van der Waals surface area contributed by atoms with Crippen molar-refractivity contribution >= 4 is 11.8 Å². The highest BCUT2D eigenvalue weighted by Crippen LogP contribution is 2.11. The van der Waals surface area contributed by atoms with Crippen molar-refractivity contribution in [2.45, 2.75) is 19.4 Å². The number of nitrogens with one attached hydrogen (secondary N) is 1. The number of rotatable bonds is 2. The first-order chi connectivity index (χ1) is 5.20. The minimum absolute atomic E-state index is 0.0724. The third-order valence-corrected chi connectivity index (χ3v) is 1.91. The quantitative estimate of drug-likeness (QED) is 0.541. The molecule has 1 N–H and O–H groups in total. The van der Waals surface area contributed by atoms with E-state index in [0.717, 1.165) is 0 Å². The third-order valence-electron chi connectivity index (χ3n) is 1.91. The van der Waals surface area contributed by atoms with Crippen LogP contribution in [0.5, 0.6) is 0 Å². The standard InChI is InChI=1S/C7H12N2O2/c1-3-9-6(10)4-5(8-2)7(9)11/h5,8H,3-4H2,1-2H3. The van der Waals surface area contributed by atoms with E-state index in [0.29, 0.717) is 13.0 Å². The van der Waals surface area contributed by atoms with E-state index in [1.807, 2.05) is 0 Å². The molecule has 2 amide bonds. The van der Waals surface area contributed by atoms with Crippen molar-refractivity contribution < 1.29 is 9.59 Å². The fourth-order valence-electron chi connectivity index (χ4n) is 1.24. The number of likely N-dealkylation sites (tertiary alicyclic amines) is 1. The molecule has 1 aliphatic heterocycles. The second-order valence-corrected chi connectivity index (χ2v) is 2.52. The van der Waals surface area contributed by atoms with Crippen LogP contribution in [-0.2, 0) is 9.59 Å². The van der Waals surface area contributed by atoms with E-state index in [1.165, 1.54) is 4.90 Å². The van der Waals surface area contributed by atoms with Gasteiger partial charge in [0.05, 0.1) is 12.5 Å². The van der Waals surface area contributed by atoms with Gasteiger partial charge in [-0.3, -0.25) is 14.5 Å². The van der Waals surface area contributed by atoms with Crippen LogP contribution >= 0.6 is 0 Å². The monoisotopic (exact) mass is 156 g/mol. The van der Waals surface area contributed by atoms with Gasteiger partial charge in [0.25, 0.3) is 0 Å². The summed E-state index contributed by atoms with van der Waals surface area (Å²) in [7, 11) is 1.69. The number of nitrogens with zero attached hydrogens (tertiary/aromatic N) is 1. The lowest BCUT2D eigenvalue weighted by molar-refractivity contribution is -0.138. The van der Waals surface area contributed by atoms with Crippen LogP contribution in [-0.4, -0.2) is 36.3 Å². The lowest BCUT2D eigenvalue weighted by atomic mass is 10.2. The molecule has 0 aromatic heterocycles. The maximum absolute atomic E-state index is 11.2. The summed E-state index contributed by atoms with van der Waals surface area (Å²) in [6.45, 7) is 2.28. The Morgan fingerprint density at radius 3 is 2.55 bits per heavy atom. The first-order valence-electron chi connectivity index (χ1n) is 3.72. The van der Waals surface area contributed by atoms with Crippen molar-refractivity contribution in [1.82, 2.24) is 10.2 Å². The van der Waals surface area contributed by atoms with Gasteiger partial charge in [0, 0.05) is 6.54 Å². The minimum Gasteiger partial charge on any atom is -0.308 e. The van der Waals surface area contributed by atoms with Crippen LogP contribution in [0.1, 0.15) is 13.3 Å². The number of hydrogen-bond donors (Lipinski definition) is 1. The molecule has 1 rings (SSSR count). The Labute approximate surface area is 65.6 Å². The van der Waals surface area contributed by atoms with Gasteiger partial charge in [-0.25, -0.2) is 0 Å². The van der Waals surface area contributed by atoms with E-state index >= 15 is 0 Å². The van der Waals surface area contributed by atoms with Crippen molar-refractivity contribution in [3.05, 3.63) is 0 Å². The number of carbonyl (C=O) groups excluding carboxylic acids is 2. The summed E-state index contributed by atoms with van der Waals surface area (Å²) >= 11 is 0. The summed E-state index contributed by atoms with van der Waals surface area (Å²) < 4.78 is 0. The lowest BCUT2D eigenvalue weighted by Gasteiger charge is -2.10. The number of imide groups is 1. The first kappa shape index (κ1) is 8.20. The minimum atomic E-state index is -0.289. The van der Waals surface area contributed by atoms with Gasteiger partial charge in [-0.1, -0.05) is 0 Å². The van der Waals surface area contributed by atoms with Gasteiger partial charge >= 0.3 is 0 Å². The van der Waals surface area contributed by atoms with Gasteiger partial charge in [0.1, 0.15) is 0 Å². The maximum Gasteiger partial charge on any atom is 0.246 e. The molecule has 1 fully saturated rings. The molecule has 0 aliphatic carbocycles. The maximum atomic E-state index is 11.2. The zero-order chi connectivity index (χ0) is 8.43. The molecule has 4 nitrogen and oxygen atoms in total. The van der Waals surface area contributed by atoms with Gasteiger partial charge < -0.3 is 5.32 Å². The Bertz CT molecular complexity index is 191. The van der Waals surface area contributed by atoms with Crippen molar-refractivity contribution in [3.8, 4) is 0 Å². The molecule has 0 bridgehead atoms. The zero-order valence-electron chi connectivity index (χ0n) is 6.76. The fourth-order valence-corrected chi connectivity index (χ4v) is 1.24. The summed E-state index contributed by atoms with van der Waals surface area (Å²) in [5, 5.41) is 2.80. The van der Waals surface area contributed by atoms with Crippen LogP contribution in [0.2, 0.25) is 0 Å². The van der Waals surface area contributed by atoms with Crippen LogP contribution < -0.4 is 5.32 Å². The Hall–Kier alpha value is -0.900. The number of amides is 2. The van der Waals surface area contributed by atoms with Crippen molar-refractivity contribution in [3.63, 3.8) is 0 Å². The second-order valence-electron chi connectivity index (χ2n) is 2.52. The second kappa shape index (κ2) is 3.00. The van der Waals surface area contributed by atoms with Crippen LogP contribution in [0.25, 0.3) is 0 Å². The SMILES string of the molecule is CCN1C(=O)CC(NC)C1=O. The molecule has 1 heterocycles. The predicted molar refractivity (Wildman–Crippen MR) is 39.9 cm³/mol. The molecule has 1 atom stereocenters. The van der Waals surface area contributed by atoms with Crippen LogP contribution in [0.3, 0.4) is 0 Å². The highest BCUT2D eigenvalue weighted by atomic mass is 16.2. The molecule has 4 heteroatoms. The van der Waals surface area contributed by atoms with E-state index in [-0.39, 0.29) is 17.9 Å². The average molecular weight is 156 g/mol. The Morgan fingerprint density at radius 2 is 2.27 bits per heavy atom. The summed E-state index contributed by atoms with van der Waals surface area (Å²) in [5.74, 6) is -0.170. The zero-order valence-corrected chi connectivity index (χ0v) is 6.76. The van der Waals surface area contributed by atoms with Gasteiger partial charge in [0.2, 0.25) is 11.8 Å². The van der Waals surface area contributed by atoms with Crippen molar-refractivity contribution in [1.29, 1.82) is 0 Å². The van der Waals surface area contributed by atoms with Gasteiger partial charge in [-0.2, -0.15) is 0 Å². The normalized spacial score (nSPS) is 24.9. The Kier molecular flexibility index (Phi) is 2.24. The molecule has 0 saturated carbocycles. The lowest BCUT2D eigenvalue weighted by Crippen LogP contribution is -2.36. The molecule has 62 valence electrons. The number of likely N-dealkylation sites (N-methyl/N-ethyl adjacent to an activating group) is 2. The van der Waals surface area contributed by atoms with E-state index in [9.17, 15) is 9.59 Å². The van der Waals surface area contributed by atoms with Crippen LogP contribution in [0.4, 0.5) is 0 Å². The predicted octanol–water partition coefficient (Wildman–Crippen LogP) is -0.647. The topological polar surface area (TPSA) is 49.4 Å². The largest absolute Gasteiger partial charge is 0.308 e. The number of carbonyl (C=O) groups is 2. The summed E-state index contributed by atoms with van der Waals surface area (Å²) in [5.41, 5.74) is 0. The Balaban J connectivity index is 2.71. The van der Waals surface area contributed by atoms with E-state index < -0.39 is 0 Å². The van der Waals surface area contributed by atoms with Gasteiger partial charge in [-0.15, -0.1) is 0 Å². The van der Waals surface area contributed by atoms with E-state index in [2.05, 4.69) is 5.32 Å². The summed E-state index contributed by atoms with van der Waals surface area (Å²) in [4.78, 5) is 23.5. The third kappa shape index (κ3) is 1.26. The van der Waals surface area contributed by atoms with E-state index in [4.69, 9.17) is 0 Å². The van der Waals surface area contributed by atoms with Gasteiger partial charge in [-0.05, 0) is 14.0 Å². The molecule has 0 aromatic rings. The van der Waals surface area contributed by atoms with E-state index in [1.54, 1.807) is 14.0 Å². The van der Waals surface area contributed by atoms with Gasteiger partial charge in [0.15, 0.2) is 0 Å². The molecule has 1 aliphatic rings.